The van der Waals surface area contributed by atoms with E-state index in [1.165, 1.54) is 12.1 Å². The van der Waals surface area contributed by atoms with Crippen LogP contribution >= 0.6 is 23.2 Å². The van der Waals surface area contributed by atoms with Gasteiger partial charge in [-0.25, -0.2) is 0 Å². The first kappa shape index (κ1) is 15.8. The molecule has 1 aliphatic heterocycles. The number of piperazine rings is 1. The predicted octanol–water partition coefficient (Wildman–Crippen LogP) is 1.43. The number of benzene rings is 1. The molecule has 1 unspecified atom stereocenters. The number of carbonyl (C=O) groups is 1. The lowest BCUT2D eigenvalue weighted by Crippen LogP contribution is -2.57. The molecule has 1 aromatic carbocycles. The summed E-state index contributed by atoms with van der Waals surface area (Å²) in [7, 11) is 1.55. The quantitative estimate of drug-likeness (QED) is 0.645. The molecule has 1 saturated heterocycles. The molecule has 1 aliphatic rings. The Bertz CT molecular complexity index is 559. The van der Waals surface area contributed by atoms with Crippen LogP contribution in [0.2, 0.25) is 10.0 Å². The highest BCUT2D eigenvalue weighted by molar-refractivity contribution is 6.39. The summed E-state index contributed by atoms with van der Waals surface area (Å²) in [6.07, 6.45) is 0. The van der Waals surface area contributed by atoms with Crippen LogP contribution in [0.3, 0.4) is 0 Å². The van der Waals surface area contributed by atoms with Crippen LogP contribution in [-0.2, 0) is 4.79 Å². The van der Waals surface area contributed by atoms with Crippen LogP contribution in [0.1, 0.15) is 0 Å². The van der Waals surface area contributed by atoms with Crippen molar-refractivity contribution >= 4 is 40.5 Å². The number of halogens is 2. The monoisotopic (exact) mass is 332 g/mol. The van der Waals surface area contributed by atoms with Crippen molar-refractivity contribution in [3.05, 3.63) is 32.3 Å². The van der Waals surface area contributed by atoms with Crippen LogP contribution in [0, 0.1) is 10.1 Å². The van der Waals surface area contributed by atoms with Crippen molar-refractivity contribution in [2.45, 2.75) is 6.04 Å². The molecule has 2 rings (SSSR count). The smallest absolute Gasteiger partial charge is 0.272 e. The second-order valence-corrected chi connectivity index (χ2v) is 5.36. The number of nitrogens with zero attached hydrogens (tertiary/aromatic N) is 2. The maximum Gasteiger partial charge on any atom is 0.272 e. The van der Waals surface area contributed by atoms with Gasteiger partial charge in [0.15, 0.2) is 0 Å². The fourth-order valence-electron chi connectivity index (χ4n) is 2.30. The molecule has 9 heteroatoms. The average Bonchev–Trinajstić information content (AvgIpc) is 2.46. The number of hydrogen-bond acceptors (Lipinski definition) is 5. The van der Waals surface area contributed by atoms with Crippen molar-refractivity contribution in [3.63, 3.8) is 0 Å². The number of anilines is 1. The second-order valence-electron chi connectivity index (χ2n) is 4.54. The standard InChI is InChI=1S/C12H14Cl2N4O3/c1-15-12(19)10-6-16-2-3-17(10)11-8(13)4-7(18(20)21)5-9(11)14/h4-5,10,16H,2-3,6H2,1H3,(H,15,19). The number of amides is 1. The number of rotatable bonds is 3. The highest BCUT2D eigenvalue weighted by atomic mass is 35.5. The Labute approximate surface area is 131 Å². The highest BCUT2D eigenvalue weighted by Crippen LogP contribution is 2.38. The molecule has 0 aromatic heterocycles. The number of hydrogen-bond donors (Lipinski definition) is 2. The third-order valence-electron chi connectivity index (χ3n) is 3.29. The van der Waals surface area contributed by atoms with E-state index in [0.717, 1.165) is 0 Å². The Morgan fingerprint density at radius 3 is 2.62 bits per heavy atom. The molecule has 1 fully saturated rings. The molecule has 0 bridgehead atoms. The van der Waals surface area contributed by atoms with Crippen molar-refractivity contribution < 1.29 is 9.72 Å². The molecule has 1 aromatic rings. The van der Waals surface area contributed by atoms with Crippen molar-refractivity contribution in [3.8, 4) is 0 Å². The number of carbonyl (C=O) groups excluding carboxylic acids is 1. The fraction of sp³-hybridized carbons (Fsp3) is 0.417. The Morgan fingerprint density at radius 1 is 1.48 bits per heavy atom. The first-order valence-corrected chi connectivity index (χ1v) is 7.03. The largest absolute Gasteiger partial charge is 0.357 e. The van der Waals surface area contributed by atoms with Crippen molar-refractivity contribution in [2.75, 3.05) is 31.6 Å². The van der Waals surface area contributed by atoms with Crippen LogP contribution in [0.25, 0.3) is 0 Å². The van der Waals surface area contributed by atoms with Crippen molar-refractivity contribution in [1.82, 2.24) is 10.6 Å². The highest BCUT2D eigenvalue weighted by Gasteiger charge is 2.31. The summed E-state index contributed by atoms with van der Waals surface area (Å²) in [4.78, 5) is 24.0. The van der Waals surface area contributed by atoms with E-state index in [-0.39, 0.29) is 21.6 Å². The van der Waals surface area contributed by atoms with Crippen LogP contribution in [0.4, 0.5) is 11.4 Å². The van der Waals surface area contributed by atoms with E-state index in [2.05, 4.69) is 10.6 Å². The molecule has 0 spiro atoms. The fourth-order valence-corrected chi connectivity index (χ4v) is 3.00. The molecule has 21 heavy (non-hydrogen) atoms. The summed E-state index contributed by atoms with van der Waals surface area (Å²) < 4.78 is 0. The van der Waals surface area contributed by atoms with Gasteiger partial charge in [-0.1, -0.05) is 23.2 Å². The Hall–Kier alpha value is -1.57. The normalized spacial score (nSPS) is 18.4. The maximum atomic E-state index is 12.0. The molecule has 1 amide bonds. The Balaban J connectivity index is 2.43. The predicted molar refractivity (Wildman–Crippen MR) is 81.2 cm³/mol. The average molecular weight is 333 g/mol. The summed E-state index contributed by atoms with van der Waals surface area (Å²) in [5.74, 6) is -0.173. The van der Waals surface area contributed by atoms with E-state index in [4.69, 9.17) is 23.2 Å². The molecule has 114 valence electrons. The Kier molecular flexibility index (Phi) is 4.87. The lowest BCUT2D eigenvalue weighted by atomic mass is 10.1. The van der Waals surface area contributed by atoms with Gasteiger partial charge in [-0.2, -0.15) is 0 Å². The lowest BCUT2D eigenvalue weighted by molar-refractivity contribution is -0.384. The summed E-state index contributed by atoms with van der Waals surface area (Å²) in [6.45, 7) is 1.63. The van der Waals surface area contributed by atoms with Gasteiger partial charge in [0.25, 0.3) is 5.69 Å². The van der Waals surface area contributed by atoms with E-state index >= 15 is 0 Å². The van der Waals surface area contributed by atoms with E-state index < -0.39 is 11.0 Å². The van der Waals surface area contributed by atoms with Crippen LogP contribution in [0.5, 0.6) is 0 Å². The molecule has 0 saturated carbocycles. The Morgan fingerprint density at radius 2 is 2.10 bits per heavy atom. The van der Waals surface area contributed by atoms with E-state index in [1.54, 1.807) is 11.9 Å². The number of non-ortho nitro benzene ring substituents is 1. The molecule has 0 aliphatic carbocycles. The van der Waals surface area contributed by atoms with E-state index in [0.29, 0.717) is 25.3 Å². The topological polar surface area (TPSA) is 87.5 Å². The zero-order valence-electron chi connectivity index (χ0n) is 11.2. The second kappa shape index (κ2) is 6.46. The lowest BCUT2D eigenvalue weighted by Gasteiger charge is -2.37. The number of nitro groups is 1. The van der Waals surface area contributed by atoms with Gasteiger partial charge in [0.1, 0.15) is 6.04 Å². The summed E-state index contributed by atoms with van der Waals surface area (Å²) in [6, 6.07) is 2.01. The van der Waals surface area contributed by atoms with Crippen molar-refractivity contribution in [2.24, 2.45) is 0 Å². The zero-order valence-corrected chi connectivity index (χ0v) is 12.7. The van der Waals surface area contributed by atoms with Gasteiger partial charge in [-0.3, -0.25) is 14.9 Å². The third-order valence-corrected chi connectivity index (χ3v) is 3.87. The van der Waals surface area contributed by atoms with Crippen LogP contribution < -0.4 is 15.5 Å². The van der Waals surface area contributed by atoms with Crippen LogP contribution in [0.15, 0.2) is 12.1 Å². The molecule has 2 N–H and O–H groups in total. The van der Waals surface area contributed by atoms with E-state index in [1.807, 2.05) is 0 Å². The third kappa shape index (κ3) is 3.20. The summed E-state index contributed by atoms with van der Waals surface area (Å²) >= 11 is 12.3. The van der Waals surface area contributed by atoms with Crippen LogP contribution in [-0.4, -0.2) is 43.6 Å². The van der Waals surface area contributed by atoms with Gasteiger partial charge >= 0.3 is 0 Å². The SMILES string of the molecule is CNC(=O)C1CNCCN1c1c(Cl)cc([N+](=O)[O-])cc1Cl. The molecule has 7 nitrogen and oxygen atoms in total. The van der Waals surface area contributed by atoms with Gasteiger partial charge in [0, 0.05) is 38.8 Å². The molecule has 1 heterocycles. The molecular weight excluding hydrogens is 319 g/mol. The number of nitrogens with one attached hydrogen (secondary N) is 2. The minimum atomic E-state index is -0.560. The van der Waals surface area contributed by atoms with Gasteiger partial charge in [-0.05, 0) is 0 Å². The molecule has 0 radical (unpaired) electrons. The molecule has 1 atom stereocenters. The van der Waals surface area contributed by atoms with Gasteiger partial charge in [-0.15, -0.1) is 0 Å². The number of nitro benzene ring substituents is 1. The first-order chi connectivity index (χ1) is 9.95. The first-order valence-electron chi connectivity index (χ1n) is 6.28. The summed E-state index contributed by atoms with van der Waals surface area (Å²) in [5, 5.41) is 16.8. The van der Waals surface area contributed by atoms with Gasteiger partial charge in [0.05, 0.1) is 20.7 Å². The van der Waals surface area contributed by atoms with Gasteiger partial charge < -0.3 is 15.5 Å². The summed E-state index contributed by atoms with van der Waals surface area (Å²) in [5.41, 5.74) is 0.263. The van der Waals surface area contributed by atoms with Gasteiger partial charge in [0.2, 0.25) is 5.91 Å². The van der Waals surface area contributed by atoms with Crippen molar-refractivity contribution in [1.29, 1.82) is 0 Å². The minimum absolute atomic E-state index is 0.157. The maximum absolute atomic E-state index is 12.0. The molecular formula is C12H14Cl2N4O3. The number of likely N-dealkylation sites (N-methyl/N-ethyl adjacent to an activating group) is 1. The minimum Gasteiger partial charge on any atom is -0.357 e. The van der Waals surface area contributed by atoms with E-state index in [9.17, 15) is 14.9 Å². The zero-order chi connectivity index (χ0) is 15.6.